The number of pyridine rings is 1. The van der Waals surface area contributed by atoms with Crippen LogP contribution >= 0.6 is 11.8 Å². The largest absolute Gasteiger partial charge is 0.377 e. The Bertz CT molecular complexity index is 1670. The molecule has 2 amide bonds. The standard InChI is InChI=1S/C35H48FN7O4S/c1-23(2)47-21-20-42-32(45)28(22-29(44)39-14-11-24(12-15-39)43-27-10-7-13-37-31(27)38-34(43)46)48-33(42)25-8-6-9-26(36)30(25)40-16-18-41(19-17-40)35(3,4)5/h6-10,13,23-24,28,33H,11-12,14-22H2,1-5H3,(H,37,38,46)/t28-,33?/m0/s1. The zero-order valence-corrected chi connectivity index (χ0v) is 29.5. The van der Waals surface area contributed by atoms with Gasteiger partial charge in [0.1, 0.15) is 11.2 Å². The Morgan fingerprint density at radius 3 is 2.48 bits per heavy atom. The molecule has 0 aliphatic carbocycles. The lowest BCUT2D eigenvalue weighted by Crippen LogP contribution is -2.53. The van der Waals surface area contributed by atoms with Gasteiger partial charge >= 0.3 is 5.69 Å². The number of halogens is 1. The molecule has 3 aliphatic rings. The van der Waals surface area contributed by atoms with Gasteiger partial charge in [0, 0.05) is 75.6 Å². The molecule has 48 heavy (non-hydrogen) atoms. The maximum atomic E-state index is 15.7. The lowest BCUT2D eigenvalue weighted by molar-refractivity contribution is -0.137. The Labute approximate surface area is 285 Å². The number of aromatic amines is 1. The minimum Gasteiger partial charge on any atom is -0.377 e. The van der Waals surface area contributed by atoms with Gasteiger partial charge in [-0.3, -0.25) is 24.0 Å². The van der Waals surface area contributed by atoms with Gasteiger partial charge in [-0.2, -0.15) is 0 Å². The number of nitrogens with one attached hydrogen (secondary N) is 1. The number of piperazine rings is 1. The van der Waals surface area contributed by atoms with E-state index in [0.29, 0.717) is 63.5 Å². The average molecular weight is 682 g/mol. The quantitative estimate of drug-likeness (QED) is 0.354. The number of benzene rings is 1. The van der Waals surface area contributed by atoms with E-state index in [1.807, 2.05) is 36.9 Å². The normalized spacial score (nSPS) is 21.6. The molecule has 3 fully saturated rings. The summed E-state index contributed by atoms with van der Waals surface area (Å²) in [5.41, 5.74) is 2.47. The summed E-state index contributed by atoms with van der Waals surface area (Å²) in [6, 6.07) is 8.78. The van der Waals surface area contributed by atoms with Crippen LogP contribution in [0.4, 0.5) is 10.1 Å². The molecule has 3 aliphatic heterocycles. The first-order valence-corrected chi connectivity index (χ1v) is 18.1. The second kappa shape index (κ2) is 14.2. The Balaban J connectivity index is 1.17. The number of amides is 2. The average Bonchev–Trinajstić information content (AvgIpc) is 3.55. The summed E-state index contributed by atoms with van der Waals surface area (Å²) in [6.45, 7) is 15.2. The number of nitrogens with zero attached hydrogens (tertiary/aromatic N) is 6. The number of fused-ring (bicyclic) bond motifs is 1. The van der Waals surface area contributed by atoms with Crippen molar-refractivity contribution in [2.45, 2.75) is 82.2 Å². The van der Waals surface area contributed by atoms with Crippen molar-refractivity contribution in [1.29, 1.82) is 0 Å². The second-order valence-corrected chi connectivity index (χ2v) is 15.5. The predicted octanol–water partition coefficient (Wildman–Crippen LogP) is 4.41. The van der Waals surface area contributed by atoms with Gasteiger partial charge < -0.3 is 19.4 Å². The molecule has 1 aromatic carbocycles. The number of carbonyl (C=O) groups excluding carboxylic acids is 2. The zero-order chi connectivity index (χ0) is 34.2. The Kier molecular flexibility index (Phi) is 10.2. The maximum absolute atomic E-state index is 15.7. The molecule has 13 heteroatoms. The van der Waals surface area contributed by atoms with Crippen molar-refractivity contribution in [3.63, 3.8) is 0 Å². The molecule has 11 nitrogen and oxygen atoms in total. The summed E-state index contributed by atoms with van der Waals surface area (Å²) in [6.07, 6.45) is 3.00. The SMILES string of the molecule is CC(C)OCCN1C(=O)[C@H](CC(=O)N2CCC(n3c(=O)[nH]c4ncccc43)CC2)SC1c1cccc(F)c1N1CCN(C(C)(C)C)CC1. The highest BCUT2D eigenvalue weighted by atomic mass is 32.2. The van der Waals surface area contributed by atoms with Crippen molar-refractivity contribution >= 4 is 40.4 Å². The first kappa shape index (κ1) is 34.4. The first-order valence-electron chi connectivity index (χ1n) is 17.1. The fourth-order valence-corrected chi connectivity index (χ4v) is 8.72. The van der Waals surface area contributed by atoms with E-state index in [-0.39, 0.29) is 47.4 Å². The molecular formula is C35H48FN7O4S. The van der Waals surface area contributed by atoms with E-state index in [2.05, 4.69) is 40.5 Å². The molecule has 260 valence electrons. The van der Waals surface area contributed by atoms with Gasteiger partial charge in [-0.15, -0.1) is 11.8 Å². The molecule has 0 saturated carbocycles. The number of ether oxygens (including phenoxy) is 1. The molecule has 1 N–H and O–H groups in total. The maximum Gasteiger partial charge on any atom is 0.327 e. The van der Waals surface area contributed by atoms with Crippen molar-refractivity contribution in [2.24, 2.45) is 0 Å². The van der Waals surface area contributed by atoms with Crippen LogP contribution in [-0.4, -0.2) is 110 Å². The number of carbonyl (C=O) groups is 2. The molecule has 2 atom stereocenters. The number of rotatable bonds is 9. The summed E-state index contributed by atoms with van der Waals surface area (Å²) in [4.78, 5) is 55.6. The van der Waals surface area contributed by atoms with E-state index in [1.165, 1.54) is 17.8 Å². The van der Waals surface area contributed by atoms with Crippen molar-refractivity contribution < 1.29 is 18.7 Å². The summed E-state index contributed by atoms with van der Waals surface area (Å²) >= 11 is 1.44. The fraction of sp³-hybridized carbons (Fsp3) is 0.600. The van der Waals surface area contributed by atoms with E-state index in [9.17, 15) is 14.4 Å². The minimum absolute atomic E-state index is 0.00864. The number of thioether (sulfide) groups is 1. The predicted molar refractivity (Wildman–Crippen MR) is 187 cm³/mol. The van der Waals surface area contributed by atoms with Gasteiger partial charge in [-0.1, -0.05) is 12.1 Å². The third-order valence-electron chi connectivity index (χ3n) is 9.78. The van der Waals surface area contributed by atoms with E-state index < -0.39 is 10.6 Å². The number of piperidine rings is 1. The number of anilines is 1. The van der Waals surface area contributed by atoms with Crippen molar-refractivity contribution in [2.75, 3.05) is 57.3 Å². The van der Waals surface area contributed by atoms with Gasteiger partial charge in [0.25, 0.3) is 0 Å². The van der Waals surface area contributed by atoms with Crippen LogP contribution in [0.5, 0.6) is 0 Å². The van der Waals surface area contributed by atoms with Crippen LogP contribution in [0.3, 0.4) is 0 Å². The molecule has 0 spiro atoms. The third-order valence-corrected chi connectivity index (χ3v) is 11.2. The summed E-state index contributed by atoms with van der Waals surface area (Å²) in [5, 5.41) is -1.03. The van der Waals surface area contributed by atoms with Gasteiger partial charge in [0.2, 0.25) is 11.8 Å². The number of aromatic nitrogens is 3. The summed E-state index contributed by atoms with van der Waals surface area (Å²) < 4.78 is 23.3. The van der Waals surface area contributed by atoms with Crippen LogP contribution in [-0.2, 0) is 14.3 Å². The van der Waals surface area contributed by atoms with Crippen LogP contribution in [0.15, 0.2) is 41.3 Å². The van der Waals surface area contributed by atoms with E-state index in [1.54, 1.807) is 21.7 Å². The van der Waals surface area contributed by atoms with Crippen molar-refractivity contribution in [3.05, 3.63) is 58.4 Å². The Morgan fingerprint density at radius 1 is 1.06 bits per heavy atom. The number of likely N-dealkylation sites (tertiary alicyclic amines) is 1. The number of hydrogen-bond donors (Lipinski definition) is 1. The zero-order valence-electron chi connectivity index (χ0n) is 28.7. The lowest BCUT2D eigenvalue weighted by Gasteiger charge is -2.43. The van der Waals surface area contributed by atoms with Gasteiger partial charge in [-0.25, -0.2) is 14.2 Å². The summed E-state index contributed by atoms with van der Waals surface area (Å²) in [5.74, 6) is -0.495. The van der Waals surface area contributed by atoms with E-state index in [0.717, 1.165) is 24.2 Å². The number of H-pyrrole nitrogens is 1. The van der Waals surface area contributed by atoms with E-state index in [4.69, 9.17) is 4.74 Å². The summed E-state index contributed by atoms with van der Waals surface area (Å²) in [7, 11) is 0. The third kappa shape index (κ3) is 7.13. The van der Waals surface area contributed by atoms with Crippen molar-refractivity contribution in [1.82, 2.24) is 29.2 Å². The number of para-hydroxylation sites is 1. The van der Waals surface area contributed by atoms with Crippen LogP contribution in [0.25, 0.3) is 11.2 Å². The second-order valence-electron chi connectivity index (χ2n) is 14.2. The monoisotopic (exact) mass is 681 g/mol. The number of hydrogen-bond acceptors (Lipinski definition) is 8. The van der Waals surface area contributed by atoms with Crippen molar-refractivity contribution in [3.8, 4) is 0 Å². The first-order chi connectivity index (χ1) is 22.9. The number of imidazole rings is 1. The van der Waals surface area contributed by atoms with Crippen LogP contribution < -0.4 is 10.6 Å². The van der Waals surface area contributed by atoms with Gasteiger partial charge in [0.15, 0.2) is 5.65 Å². The molecule has 0 radical (unpaired) electrons. The Hall–Kier alpha value is -3.42. The smallest absolute Gasteiger partial charge is 0.327 e. The van der Waals surface area contributed by atoms with Crippen LogP contribution in [0, 0.1) is 5.82 Å². The highest BCUT2D eigenvalue weighted by molar-refractivity contribution is 8.01. The lowest BCUT2D eigenvalue weighted by atomic mass is 10.0. The molecule has 2 aromatic heterocycles. The molecule has 3 aromatic rings. The molecule has 1 unspecified atom stereocenters. The minimum atomic E-state index is -0.588. The van der Waals surface area contributed by atoms with E-state index >= 15 is 4.39 Å². The molecule has 6 rings (SSSR count). The van der Waals surface area contributed by atoms with Gasteiger partial charge in [-0.05, 0) is 65.7 Å². The highest BCUT2D eigenvalue weighted by Crippen LogP contribution is 2.48. The Morgan fingerprint density at radius 2 is 1.79 bits per heavy atom. The molecular weight excluding hydrogens is 633 g/mol. The topological polar surface area (TPSA) is 107 Å². The molecule has 3 saturated heterocycles. The van der Waals surface area contributed by atoms with Gasteiger partial charge in [0.05, 0.1) is 29.2 Å². The highest BCUT2D eigenvalue weighted by Gasteiger charge is 2.44. The fourth-order valence-electron chi connectivity index (χ4n) is 7.23. The molecule has 5 heterocycles. The van der Waals surface area contributed by atoms with Crippen LogP contribution in [0.2, 0.25) is 0 Å². The van der Waals surface area contributed by atoms with Crippen LogP contribution in [0.1, 0.15) is 70.9 Å². The molecule has 0 bridgehead atoms.